The van der Waals surface area contributed by atoms with Gasteiger partial charge in [0.2, 0.25) is 0 Å². The zero-order valence-corrected chi connectivity index (χ0v) is 9.78. The number of benzene rings is 1. The van der Waals surface area contributed by atoms with Crippen molar-refractivity contribution in [2.75, 3.05) is 7.11 Å². The molecule has 0 bridgehead atoms. The summed E-state index contributed by atoms with van der Waals surface area (Å²) in [5.74, 6) is -1.37. The summed E-state index contributed by atoms with van der Waals surface area (Å²) in [6, 6.07) is 6.57. The Kier molecular flexibility index (Phi) is 4.37. The quantitative estimate of drug-likeness (QED) is 0.644. The van der Waals surface area contributed by atoms with Crippen molar-refractivity contribution < 1.29 is 19.4 Å². The van der Waals surface area contributed by atoms with E-state index in [1.54, 1.807) is 25.1 Å². The number of carbonyl (C=O) groups excluding carboxylic acids is 1. The molecule has 0 aromatic heterocycles. The van der Waals surface area contributed by atoms with Crippen molar-refractivity contribution >= 4 is 23.7 Å². The van der Waals surface area contributed by atoms with Gasteiger partial charge in [-0.05, 0) is 19.1 Å². The molecule has 0 saturated carbocycles. The smallest absolute Gasteiger partial charge is 0.336 e. The second-order valence-corrected chi connectivity index (χ2v) is 4.47. The number of esters is 1. The van der Waals surface area contributed by atoms with Crippen molar-refractivity contribution in [3.63, 3.8) is 0 Å². The first-order chi connectivity index (χ1) is 7.56. The monoisotopic (exact) mass is 240 g/mol. The molecule has 0 heterocycles. The van der Waals surface area contributed by atoms with E-state index < -0.39 is 11.2 Å². The van der Waals surface area contributed by atoms with Crippen molar-refractivity contribution in [3.8, 4) is 0 Å². The molecule has 1 aromatic carbocycles. The number of methoxy groups -OCH3 is 1. The van der Waals surface area contributed by atoms with Crippen LogP contribution in [0.3, 0.4) is 0 Å². The third kappa shape index (κ3) is 3.00. The van der Waals surface area contributed by atoms with Crippen molar-refractivity contribution in [2.24, 2.45) is 0 Å². The van der Waals surface area contributed by atoms with E-state index in [0.717, 1.165) is 0 Å². The second kappa shape index (κ2) is 5.55. The van der Waals surface area contributed by atoms with E-state index in [1.165, 1.54) is 24.9 Å². The molecule has 0 saturated heterocycles. The molecule has 1 N–H and O–H groups in total. The van der Waals surface area contributed by atoms with Crippen molar-refractivity contribution in [3.05, 3.63) is 29.8 Å². The van der Waals surface area contributed by atoms with Crippen LogP contribution in [0.25, 0.3) is 0 Å². The molecule has 0 amide bonds. The van der Waals surface area contributed by atoms with Gasteiger partial charge in [-0.15, -0.1) is 11.8 Å². The van der Waals surface area contributed by atoms with Gasteiger partial charge in [-0.1, -0.05) is 12.1 Å². The second-order valence-electron chi connectivity index (χ2n) is 3.08. The minimum absolute atomic E-state index is 0.197. The van der Waals surface area contributed by atoms with Gasteiger partial charge in [-0.25, -0.2) is 4.79 Å². The molecule has 0 fully saturated rings. The fraction of sp³-hybridized carbons (Fsp3) is 0.273. The highest BCUT2D eigenvalue weighted by atomic mass is 32.2. The number of aromatic carboxylic acids is 1. The van der Waals surface area contributed by atoms with Crippen LogP contribution in [-0.4, -0.2) is 29.4 Å². The third-order valence-corrected chi connectivity index (χ3v) is 3.11. The zero-order chi connectivity index (χ0) is 12.1. The molecule has 0 aliphatic heterocycles. The van der Waals surface area contributed by atoms with E-state index in [-0.39, 0.29) is 11.5 Å². The van der Waals surface area contributed by atoms with E-state index in [1.807, 2.05) is 0 Å². The maximum Gasteiger partial charge on any atom is 0.336 e. The third-order valence-electron chi connectivity index (χ3n) is 1.95. The van der Waals surface area contributed by atoms with Crippen LogP contribution in [0.1, 0.15) is 17.3 Å². The number of rotatable bonds is 4. The van der Waals surface area contributed by atoms with Gasteiger partial charge < -0.3 is 9.84 Å². The number of carboxylic acid groups (broad SMARTS) is 1. The molecule has 86 valence electrons. The Hall–Kier alpha value is -1.49. The number of carbonyl (C=O) groups is 2. The van der Waals surface area contributed by atoms with Crippen molar-refractivity contribution in [2.45, 2.75) is 17.1 Å². The van der Waals surface area contributed by atoms with Crippen LogP contribution in [0.15, 0.2) is 29.2 Å². The summed E-state index contributed by atoms with van der Waals surface area (Å²) in [5, 5.41) is 8.52. The Balaban J connectivity index is 2.88. The molecule has 1 atom stereocenters. The van der Waals surface area contributed by atoms with Crippen LogP contribution >= 0.6 is 11.8 Å². The molecule has 0 unspecified atom stereocenters. The summed E-state index contributed by atoms with van der Waals surface area (Å²) < 4.78 is 4.58. The number of carboxylic acids is 1. The first kappa shape index (κ1) is 12.6. The van der Waals surface area contributed by atoms with Crippen molar-refractivity contribution in [1.82, 2.24) is 0 Å². The van der Waals surface area contributed by atoms with E-state index in [2.05, 4.69) is 4.74 Å². The summed E-state index contributed by atoms with van der Waals surface area (Å²) >= 11 is 1.18. The van der Waals surface area contributed by atoms with Gasteiger partial charge in [-0.2, -0.15) is 0 Å². The average Bonchev–Trinajstić information content (AvgIpc) is 2.28. The van der Waals surface area contributed by atoms with Crippen LogP contribution in [0.4, 0.5) is 0 Å². The van der Waals surface area contributed by atoms with E-state index in [0.29, 0.717) is 4.90 Å². The van der Waals surface area contributed by atoms with Gasteiger partial charge in [-0.3, -0.25) is 4.79 Å². The molecule has 1 aromatic rings. The van der Waals surface area contributed by atoms with Gasteiger partial charge in [0.05, 0.1) is 12.7 Å². The molecule has 0 radical (unpaired) electrons. The fourth-order valence-electron chi connectivity index (χ4n) is 1.15. The summed E-state index contributed by atoms with van der Waals surface area (Å²) in [5.41, 5.74) is 0.197. The Morgan fingerprint density at radius 1 is 1.38 bits per heavy atom. The minimum Gasteiger partial charge on any atom is -0.478 e. The predicted molar refractivity (Wildman–Crippen MR) is 60.7 cm³/mol. The Labute approximate surface area is 97.6 Å². The highest BCUT2D eigenvalue weighted by Gasteiger charge is 2.18. The van der Waals surface area contributed by atoms with Gasteiger partial charge >= 0.3 is 11.9 Å². The molecule has 0 aliphatic rings. The number of hydrogen-bond donors (Lipinski definition) is 1. The minimum atomic E-state index is -1.000. The van der Waals surface area contributed by atoms with Crippen molar-refractivity contribution in [1.29, 1.82) is 0 Å². The number of ether oxygens (including phenoxy) is 1. The molecule has 0 spiro atoms. The largest absolute Gasteiger partial charge is 0.478 e. The lowest BCUT2D eigenvalue weighted by Crippen LogP contribution is -2.15. The zero-order valence-electron chi connectivity index (χ0n) is 8.97. The summed E-state index contributed by atoms with van der Waals surface area (Å²) in [6.45, 7) is 1.68. The molecule has 16 heavy (non-hydrogen) atoms. The summed E-state index contributed by atoms with van der Waals surface area (Å²) in [6.07, 6.45) is 0. The van der Waals surface area contributed by atoms with Crippen LogP contribution in [0, 0.1) is 0 Å². The summed E-state index contributed by atoms with van der Waals surface area (Å²) in [7, 11) is 1.31. The molecule has 5 heteroatoms. The van der Waals surface area contributed by atoms with Gasteiger partial charge in [0, 0.05) is 4.90 Å². The van der Waals surface area contributed by atoms with Gasteiger partial charge in [0.1, 0.15) is 5.25 Å². The maximum atomic E-state index is 11.2. The fourth-order valence-corrected chi connectivity index (χ4v) is 2.16. The SMILES string of the molecule is COC(=O)[C@H](C)Sc1ccccc1C(=O)O. The predicted octanol–water partition coefficient (Wildman–Crippen LogP) is 2.04. The van der Waals surface area contributed by atoms with Crippen LogP contribution in [0.5, 0.6) is 0 Å². The molecular formula is C11H12O4S. The lowest BCUT2D eigenvalue weighted by molar-refractivity contribution is -0.139. The molecular weight excluding hydrogens is 228 g/mol. The van der Waals surface area contributed by atoms with Gasteiger partial charge in [0.15, 0.2) is 0 Å². The van der Waals surface area contributed by atoms with Crippen LogP contribution < -0.4 is 0 Å². The standard InChI is InChI=1S/C11H12O4S/c1-7(11(14)15-2)16-9-6-4-3-5-8(9)10(12)13/h3-7H,1-2H3,(H,12,13)/t7-/m0/s1. The topological polar surface area (TPSA) is 63.6 Å². The van der Waals surface area contributed by atoms with E-state index in [9.17, 15) is 9.59 Å². The number of hydrogen-bond acceptors (Lipinski definition) is 4. The molecule has 0 aliphatic carbocycles. The number of thioether (sulfide) groups is 1. The molecule has 1 rings (SSSR count). The Morgan fingerprint density at radius 3 is 2.56 bits per heavy atom. The maximum absolute atomic E-state index is 11.2. The lowest BCUT2D eigenvalue weighted by atomic mass is 10.2. The Bertz CT molecular complexity index is 403. The van der Waals surface area contributed by atoms with E-state index in [4.69, 9.17) is 5.11 Å². The highest BCUT2D eigenvalue weighted by Crippen LogP contribution is 2.27. The van der Waals surface area contributed by atoms with Crippen LogP contribution in [-0.2, 0) is 9.53 Å². The molecule has 4 nitrogen and oxygen atoms in total. The highest BCUT2D eigenvalue weighted by molar-refractivity contribution is 8.00. The first-order valence-corrected chi connectivity index (χ1v) is 5.51. The Morgan fingerprint density at radius 2 is 2.00 bits per heavy atom. The first-order valence-electron chi connectivity index (χ1n) is 4.63. The van der Waals surface area contributed by atoms with Gasteiger partial charge in [0.25, 0.3) is 0 Å². The van der Waals surface area contributed by atoms with E-state index >= 15 is 0 Å². The lowest BCUT2D eigenvalue weighted by Gasteiger charge is -2.10. The summed E-state index contributed by atoms with van der Waals surface area (Å²) in [4.78, 5) is 22.7. The van der Waals surface area contributed by atoms with Crippen LogP contribution in [0.2, 0.25) is 0 Å². The average molecular weight is 240 g/mol. The normalized spacial score (nSPS) is 11.9.